The number of piperidine rings is 1. The molecular formula is C15H23N3OS. The van der Waals surface area contributed by atoms with Gasteiger partial charge in [0.25, 0.3) is 0 Å². The number of hydrogen-bond acceptors (Lipinski definition) is 3. The molecule has 1 saturated heterocycles. The van der Waals surface area contributed by atoms with Gasteiger partial charge in [-0.25, -0.2) is 4.79 Å². The first kappa shape index (κ1) is 15.2. The van der Waals surface area contributed by atoms with Crippen molar-refractivity contribution in [3.05, 3.63) is 35.9 Å². The average molecular weight is 293 g/mol. The average Bonchev–Trinajstić information content (AvgIpc) is 2.49. The van der Waals surface area contributed by atoms with Crippen LogP contribution in [0.5, 0.6) is 0 Å². The molecule has 110 valence electrons. The van der Waals surface area contributed by atoms with Gasteiger partial charge in [-0.15, -0.1) is 0 Å². The van der Waals surface area contributed by atoms with Crippen molar-refractivity contribution in [2.45, 2.75) is 18.4 Å². The second-order valence-corrected chi connectivity index (χ2v) is 6.00. The number of urea groups is 1. The summed E-state index contributed by atoms with van der Waals surface area (Å²) in [5.41, 5.74) is 1.31. The van der Waals surface area contributed by atoms with Crippen LogP contribution in [-0.2, 0) is 0 Å². The molecule has 3 N–H and O–H groups in total. The van der Waals surface area contributed by atoms with Gasteiger partial charge in [0.05, 0.1) is 0 Å². The summed E-state index contributed by atoms with van der Waals surface area (Å²) in [6.45, 7) is 2.55. The van der Waals surface area contributed by atoms with Gasteiger partial charge in [-0.3, -0.25) is 0 Å². The Kier molecular flexibility index (Phi) is 6.21. The molecule has 20 heavy (non-hydrogen) atoms. The summed E-state index contributed by atoms with van der Waals surface area (Å²) in [5, 5.41) is 9.37. The standard InChI is InChI=1S/C15H23N3OS/c1-20-10-9-17-15(19)18-14-11-16-8-7-13(14)12-5-3-2-4-6-12/h2-6,13-14,16H,7-11H2,1H3,(H2,17,18,19). The Morgan fingerprint density at radius 3 is 2.95 bits per heavy atom. The van der Waals surface area contributed by atoms with Gasteiger partial charge in [-0.2, -0.15) is 11.8 Å². The normalized spacial score (nSPS) is 22.2. The molecule has 0 aromatic heterocycles. The predicted octanol–water partition coefficient (Wildman–Crippen LogP) is 1.79. The Bertz CT molecular complexity index is 413. The van der Waals surface area contributed by atoms with Crippen LogP contribution in [0, 0.1) is 0 Å². The molecule has 1 aliphatic heterocycles. The van der Waals surface area contributed by atoms with E-state index < -0.39 is 0 Å². The van der Waals surface area contributed by atoms with E-state index in [0.717, 1.165) is 25.3 Å². The summed E-state index contributed by atoms with van der Waals surface area (Å²) in [6, 6.07) is 10.5. The molecule has 0 saturated carbocycles. The van der Waals surface area contributed by atoms with Gasteiger partial charge in [-0.1, -0.05) is 30.3 Å². The van der Waals surface area contributed by atoms with Crippen molar-refractivity contribution in [2.75, 3.05) is 31.6 Å². The fourth-order valence-electron chi connectivity index (χ4n) is 2.60. The quantitative estimate of drug-likeness (QED) is 0.726. The summed E-state index contributed by atoms with van der Waals surface area (Å²) in [6.07, 6.45) is 3.09. The zero-order chi connectivity index (χ0) is 14.2. The Hall–Kier alpha value is -1.20. The highest BCUT2D eigenvalue weighted by Crippen LogP contribution is 2.25. The summed E-state index contributed by atoms with van der Waals surface area (Å²) < 4.78 is 0. The zero-order valence-electron chi connectivity index (χ0n) is 11.9. The minimum atomic E-state index is -0.0614. The fraction of sp³-hybridized carbons (Fsp3) is 0.533. The van der Waals surface area contributed by atoms with Crippen LogP contribution in [0.15, 0.2) is 30.3 Å². The number of rotatable bonds is 5. The molecule has 1 aromatic rings. The van der Waals surface area contributed by atoms with E-state index in [1.807, 2.05) is 12.3 Å². The van der Waals surface area contributed by atoms with Crippen LogP contribution in [0.3, 0.4) is 0 Å². The van der Waals surface area contributed by atoms with Gasteiger partial charge in [-0.05, 0) is 24.8 Å². The first-order valence-corrected chi connectivity index (χ1v) is 8.49. The highest BCUT2D eigenvalue weighted by Gasteiger charge is 2.27. The number of amides is 2. The SMILES string of the molecule is CSCCNC(=O)NC1CNCCC1c1ccccc1. The van der Waals surface area contributed by atoms with Crippen molar-refractivity contribution >= 4 is 17.8 Å². The summed E-state index contributed by atoms with van der Waals surface area (Å²) in [7, 11) is 0. The molecule has 4 nitrogen and oxygen atoms in total. The summed E-state index contributed by atoms with van der Waals surface area (Å²) in [5.74, 6) is 1.34. The van der Waals surface area contributed by atoms with Gasteiger partial charge < -0.3 is 16.0 Å². The van der Waals surface area contributed by atoms with Gasteiger partial charge in [0, 0.05) is 30.8 Å². The minimum absolute atomic E-state index is 0.0614. The number of benzene rings is 1. The zero-order valence-corrected chi connectivity index (χ0v) is 12.7. The lowest BCUT2D eigenvalue weighted by Gasteiger charge is -2.33. The summed E-state index contributed by atoms with van der Waals surface area (Å²) >= 11 is 1.73. The fourth-order valence-corrected chi connectivity index (χ4v) is 2.90. The molecule has 0 radical (unpaired) electrons. The van der Waals surface area contributed by atoms with Crippen LogP contribution in [0.25, 0.3) is 0 Å². The maximum atomic E-state index is 11.9. The molecule has 2 amide bonds. The van der Waals surface area contributed by atoms with E-state index in [1.54, 1.807) is 11.8 Å². The molecule has 5 heteroatoms. The third kappa shape index (κ3) is 4.42. The van der Waals surface area contributed by atoms with Crippen molar-refractivity contribution in [1.82, 2.24) is 16.0 Å². The second kappa shape index (κ2) is 8.17. The van der Waals surface area contributed by atoms with Crippen molar-refractivity contribution in [2.24, 2.45) is 0 Å². The first-order valence-electron chi connectivity index (χ1n) is 7.10. The van der Waals surface area contributed by atoms with E-state index in [0.29, 0.717) is 12.5 Å². The monoisotopic (exact) mass is 293 g/mol. The molecule has 1 heterocycles. The van der Waals surface area contributed by atoms with Crippen LogP contribution in [0.2, 0.25) is 0 Å². The van der Waals surface area contributed by atoms with Gasteiger partial charge >= 0.3 is 6.03 Å². The van der Waals surface area contributed by atoms with E-state index >= 15 is 0 Å². The van der Waals surface area contributed by atoms with Gasteiger partial charge in [0.2, 0.25) is 0 Å². The maximum Gasteiger partial charge on any atom is 0.315 e. The first-order chi connectivity index (χ1) is 9.81. The lowest BCUT2D eigenvalue weighted by Crippen LogP contribution is -2.52. The number of thioether (sulfide) groups is 1. The maximum absolute atomic E-state index is 11.9. The van der Waals surface area contributed by atoms with E-state index in [1.165, 1.54) is 5.56 Å². The molecule has 1 fully saturated rings. The third-order valence-corrected chi connectivity index (χ3v) is 4.23. The van der Waals surface area contributed by atoms with E-state index in [2.05, 4.69) is 40.2 Å². The van der Waals surface area contributed by atoms with E-state index in [-0.39, 0.29) is 12.1 Å². The molecule has 0 bridgehead atoms. The highest BCUT2D eigenvalue weighted by atomic mass is 32.2. The Morgan fingerprint density at radius 2 is 2.20 bits per heavy atom. The third-order valence-electron chi connectivity index (χ3n) is 3.62. The van der Waals surface area contributed by atoms with Crippen molar-refractivity contribution in [3.63, 3.8) is 0 Å². The van der Waals surface area contributed by atoms with Crippen molar-refractivity contribution in [1.29, 1.82) is 0 Å². The Morgan fingerprint density at radius 1 is 1.40 bits per heavy atom. The number of carbonyl (C=O) groups is 1. The molecule has 2 unspecified atom stereocenters. The number of carbonyl (C=O) groups excluding carboxylic acids is 1. The summed E-state index contributed by atoms with van der Waals surface area (Å²) in [4.78, 5) is 11.9. The smallest absolute Gasteiger partial charge is 0.315 e. The van der Waals surface area contributed by atoms with Crippen LogP contribution in [0.1, 0.15) is 17.9 Å². The Balaban J connectivity index is 1.92. The van der Waals surface area contributed by atoms with Crippen LogP contribution < -0.4 is 16.0 Å². The van der Waals surface area contributed by atoms with Gasteiger partial charge in [0.15, 0.2) is 0 Å². The second-order valence-electron chi connectivity index (χ2n) is 5.01. The minimum Gasteiger partial charge on any atom is -0.337 e. The van der Waals surface area contributed by atoms with E-state index in [9.17, 15) is 4.79 Å². The molecule has 0 spiro atoms. The number of nitrogens with one attached hydrogen (secondary N) is 3. The van der Waals surface area contributed by atoms with Crippen LogP contribution in [-0.4, -0.2) is 43.7 Å². The predicted molar refractivity (Wildman–Crippen MR) is 85.4 cm³/mol. The van der Waals surface area contributed by atoms with Crippen molar-refractivity contribution in [3.8, 4) is 0 Å². The molecule has 0 aliphatic carbocycles. The largest absolute Gasteiger partial charge is 0.337 e. The molecule has 1 aliphatic rings. The molecule has 2 atom stereocenters. The lowest BCUT2D eigenvalue weighted by molar-refractivity contribution is 0.231. The molecular weight excluding hydrogens is 270 g/mol. The lowest BCUT2D eigenvalue weighted by atomic mass is 9.86. The van der Waals surface area contributed by atoms with Gasteiger partial charge in [0.1, 0.15) is 0 Å². The molecule has 2 rings (SSSR count). The topological polar surface area (TPSA) is 53.2 Å². The number of hydrogen-bond donors (Lipinski definition) is 3. The Labute approximate surface area is 125 Å². The van der Waals surface area contributed by atoms with Crippen LogP contribution >= 0.6 is 11.8 Å². The van der Waals surface area contributed by atoms with Crippen LogP contribution in [0.4, 0.5) is 4.79 Å². The molecule has 1 aromatic carbocycles. The van der Waals surface area contributed by atoms with E-state index in [4.69, 9.17) is 0 Å². The van der Waals surface area contributed by atoms with Crippen molar-refractivity contribution < 1.29 is 4.79 Å². The highest BCUT2D eigenvalue weighted by molar-refractivity contribution is 7.98.